The second kappa shape index (κ2) is 4.05. The fourth-order valence-corrected chi connectivity index (χ4v) is 1.70. The van der Waals surface area contributed by atoms with Crippen LogP contribution in [0.15, 0.2) is 23.3 Å². The van der Waals surface area contributed by atoms with Crippen molar-refractivity contribution in [2.45, 2.75) is 5.54 Å². The molecule has 5 nitrogen and oxygen atoms in total. The number of amidine groups is 1. The number of ether oxygens (including phenoxy) is 1. The minimum Gasteiger partial charge on any atom is -0.385 e. The molecule has 0 saturated carbocycles. The zero-order valence-electron chi connectivity index (χ0n) is 8.69. The topological polar surface area (TPSA) is 86.5 Å². The molecule has 0 amide bonds. The Bertz CT molecular complexity index is 423. The number of hydrogen-bond donors (Lipinski definition) is 2. The standard InChI is InChI=1S/C10H13FN4O/c11-5-10(6-16-4-9(13)15-10)7-1-2-14-8(12)3-7/h1-3H,4-6H2,(H2,12,14)(H2,13,15). The number of nitrogen functional groups attached to an aromatic ring is 1. The van der Waals surface area contributed by atoms with Crippen LogP contribution in [0.1, 0.15) is 5.56 Å². The summed E-state index contributed by atoms with van der Waals surface area (Å²) in [6.45, 7) is -0.285. The maximum Gasteiger partial charge on any atom is 0.139 e. The summed E-state index contributed by atoms with van der Waals surface area (Å²) in [4.78, 5) is 8.01. The van der Waals surface area contributed by atoms with Crippen LogP contribution in [0.4, 0.5) is 10.2 Å². The number of alkyl halides is 1. The van der Waals surface area contributed by atoms with Crippen molar-refractivity contribution in [3.05, 3.63) is 23.9 Å². The number of anilines is 1. The first-order valence-electron chi connectivity index (χ1n) is 4.86. The quantitative estimate of drug-likeness (QED) is 0.752. The van der Waals surface area contributed by atoms with Gasteiger partial charge in [0.25, 0.3) is 0 Å². The van der Waals surface area contributed by atoms with E-state index in [9.17, 15) is 4.39 Å². The summed E-state index contributed by atoms with van der Waals surface area (Å²) in [5.74, 6) is 0.615. The fourth-order valence-electron chi connectivity index (χ4n) is 1.70. The van der Waals surface area contributed by atoms with Crippen LogP contribution in [0.3, 0.4) is 0 Å². The molecule has 6 heteroatoms. The van der Waals surface area contributed by atoms with Gasteiger partial charge >= 0.3 is 0 Å². The van der Waals surface area contributed by atoms with E-state index in [2.05, 4.69) is 9.98 Å². The zero-order chi connectivity index (χ0) is 11.6. The lowest BCUT2D eigenvalue weighted by atomic mass is 9.92. The third kappa shape index (κ3) is 1.83. The molecule has 0 bridgehead atoms. The first-order chi connectivity index (χ1) is 7.66. The molecule has 1 aromatic heterocycles. The van der Waals surface area contributed by atoms with Crippen LogP contribution < -0.4 is 11.5 Å². The van der Waals surface area contributed by atoms with Crippen LogP contribution in [0, 0.1) is 0 Å². The molecule has 1 aliphatic heterocycles. The predicted octanol–water partition coefficient (Wildman–Crippen LogP) is 0.216. The summed E-state index contributed by atoms with van der Waals surface area (Å²) < 4.78 is 18.4. The Labute approximate surface area is 92.3 Å². The molecule has 0 fully saturated rings. The second-order valence-corrected chi connectivity index (χ2v) is 3.73. The Morgan fingerprint density at radius 3 is 2.94 bits per heavy atom. The van der Waals surface area contributed by atoms with Crippen molar-refractivity contribution in [2.24, 2.45) is 10.7 Å². The maximum atomic E-state index is 13.2. The fraction of sp³-hybridized carbons (Fsp3) is 0.400. The summed E-state index contributed by atoms with van der Waals surface area (Å²) in [6, 6.07) is 3.26. The number of aliphatic imine (C=N–C) groups is 1. The molecule has 1 aromatic rings. The summed E-state index contributed by atoms with van der Waals surface area (Å²) >= 11 is 0. The smallest absolute Gasteiger partial charge is 0.139 e. The monoisotopic (exact) mass is 224 g/mol. The normalized spacial score (nSPS) is 25.2. The van der Waals surface area contributed by atoms with Crippen molar-refractivity contribution in [1.82, 2.24) is 4.98 Å². The molecule has 16 heavy (non-hydrogen) atoms. The second-order valence-electron chi connectivity index (χ2n) is 3.73. The van der Waals surface area contributed by atoms with Gasteiger partial charge in [-0.15, -0.1) is 0 Å². The molecule has 0 saturated heterocycles. The van der Waals surface area contributed by atoms with E-state index in [1.807, 2.05) is 0 Å². The van der Waals surface area contributed by atoms with Gasteiger partial charge in [-0.05, 0) is 17.7 Å². The highest BCUT2D eigenvalue weighted by Crippen LogP contribution is 2.29. The molecule has 0 aliphatic carbocycles. The van der Waals surface area contributed by atoms with Gasteiger partial charge in [0, 0.05) is 6.20 Å². The van der Waals surface area contributed by atoms with E-state index in [1.165, 1.54) is 6.20 Å². The number of nitrogens with zero attached hydrogens (tertiary/aromatic N) is 2. The lowest BCUT2D eigenvalue weighted by molar-refractivity contribution is 0.0827. The number of hydrogen-bond acceptors (Lipinski definition) is 5. The van der Waals surface area contributed by atoms with E-state index < -0.39 is 12.2 Å². The van der Waals surface area contributed by atoms with Crippen LogP contribution >= 0.6 is 0 Å². The highest BCUT2D eigenvalue weighted by molar-refractivity contribution is 5.82. The average Bonchev–Trinajstić information content (AvgIpc) is 2.29. The van der Waals surface area contributed by atoms with Gasteiger partial charge in [-0.1, -0.05) is 0 Å². The van der Waals surface area contributed by atoms with E-state index in [-0.39, 0.29) is 13.2 Å². The molecule has 2 heterocycles. The van der Waals surface area contributed by atoms with E-state index in [1.54, 1.807) is 12.1 Å². The molecule has 2 rings (SSSR count). The van der Waals surface area contributed by atoms with E-state index in [4.69, 9.17) is 16.2 Å². The Morgan fingerprint density at radius 2 is 2.31 bits per heavy atom. The SMILES string of the molecule is NC1=NC(CF)(c2ccnc(N)c2)COC1. The summed E-state index contributed by atoms with van der Waals surface area (Å²) in [5.41, 5.74) is 10.7. The van der Waals surface area contributed by atoms with Crippen molar-refractivity contribution in [3.8, 4) is 0 Å². The molecule has 0 radical (unpaired) electrons. The van der Waals surface area contributed by atoms with Gasteiger partial charge in [0.2, 0.25) is 0 Å². The van der Waals surface area contributed by atoms with Gasteiger partial charge < -0.3 is 16.2 Å². The predicted molar refractivity (Wildman–Crippen MR) is 58.7 cm³/mol. The van der Waals surface area contributed by atoms with Crippen LogP contribution in [-0.2, 0) is 10.3 Å². The van der Waals surface area contributed by atoms with Gasteiger partial charge in [0.1, 0.15) is 30.5 Å². The van der Waals surface area contributed by atoms with E-state index >= 15 is 0 Å². The third-order valence-electron chi connectivity index (χ3n) is 2.49. The van der Waals surface area contributed by atoms with E-state index in [0.717, 1.165) is 0 Å². The van der Waals surface area contributed by atoms with E-state index in [0.29, 0.717) is 17.2 Å². The van der Waals surface area contributed by atoms with Crippen LogP contribution in [-0.4, -0.2) is 30.7 Å². The van der Waals surface area contributed by atoms with Gasteiger partial charge in [-0.2, -0.15) is 0 Å². The highest BCUT2D eigenvalue weighted by Gasteiger charge is 2.35. The molecule has 0 aromatic carbocycles. The lowest BCUT2D eigenvalue weighted by Gasteiger charge is -2.31. The van der Waals surface area contributed by atoms with Crippen molar-refractivity contribution < 1.29 is 9.13 Å². The number of nitrogens with two attached hydrogens (primary N) is 2. The van der Waals surface area contributed by atoms with Crippen molar-refractivity contribution >= 4 is 11.7 Å². The Hall–Kier alpha value is -1.69. The average molecular weight is 224 g/mol. The third-order valence-corrected chi connectivity index (χ3v) is 2.49. The molecular formula is C10H13FN4O. The molecule has 0 spiro atoms. The Morgan fingerprint density at radius 1 is 1.50 bits per heavy atom. The molecule has 1 atom stereocenters. The largest absolute Gasteiger partial charge is 0.385 e. The Kier molecular flexibility index (Phi) is 2.74. The van der Waals surface area contributed by atoms with Gasteiger partial charge in [0.15, 0.2) is 0 Å². The van der Waals surface area contributed by atoms with Crippen LogP contribution in [0.25, 0.3) is 0 Å². The zero-order valence-corrected chi connectivity index (χ0v) is 8.69. The number of aromatic nitrogens is 1. The van der Waals surface area contributed by atoms with Crippen molar-refractivity contribution in [2.75, 3.05) is 25.6 Å². The summed E-state index contributed by atoms with van der Waals surface area (Å²) in [7, 11) is 0. The van der Waals surface area contributed by atoms with Crippen molar-refractivity contribution in [1.29, 1.82) is 0 Å². The minimum atomic E-state index is -1.07. The molecule has 1 aliphatic rings. The number of rotatable bonds is 2. The van der Waals surface area contributed by atoms with Crippen LogP contribution in [0.5, 0.6) is 0 Å². The van der Waals surface area contributed by atoms with Gasteiger partial charge in [0.05, 0.1) is 6.61 Å². The lowest BCUT2D eigenvalue weighted by Crippen LogP contribution is -2.41. The maximum absolute atomic E-state index is 13.2. The molecule has 4 N–H and O–H groups in total. The molecular weight excluding hydrogens is 211 g/mol. The van der Waals surface area contributed by atoms with Crippen LogP contribution in [0.2, 0.25) is 0 Å². The highest BCUT2D eigenvalue weighted by atomic mass is 19.1. The summed E-state index contributed by atoms with van der Waals surface area (Å²) in [6.07, 6.45) is 1.52. The summed E-state index contributed by atoms with van der Waals surface area (Å²) in [5, 5.41) is 0. The molecule has 86 valence electrons. The van der Waals surface area contributed by atoms with Gasteiger partial charge in [-0.3, -0.25) is 4.99 Å². The Balaban J connectivity index is 2.45. The number of pyridine rings is 1. The molecule has 1 unspecified atom stereocenters. The number of halogens is 1. The van der Waals surface area contributed by atoms with Crippen molar-refractivity contribution in [3.63, 3.8) is 0 Å². The first-order valence-corrected chi connectivity index (χ1v) is 4.86. The van der Waals surface area contributed by atoms with Gasteiger partial charge in [-0.25, -0.2) is 9.37 Å². The first kappa shape index (κ1) is 10.8. The minimum absolute atomic E-state index is 0.160.